The van der Waals surface area contributed by atoms with Gasteiger partial charge in [0.05, 0.1) is 12.2 Å². The molecular weight excluding hydrogens is 373 g/mol. The second-order valence-electron chi connectivity index (χ2n) is 5.91. The number of halogens is 3. The van der Waals surface area contributed by atoms with Crippen LogP contribution in [0.5, 0.6) is 11.5 Å². The molecule has 0 bridgehead atoms. The summed E-state index contributed by atoms with van der Waals surface area (Å²) in [6.07, 6.45) is -1.49. The van der Waals surface area contributed by atoms with Crippen molar-refractivity contribution in [1.82, 2.24) is 0 Å². The number of benzene rings is 2. The molecule has 150 valence electrons. The molecule has 0 spiro atoms. The van der Waals surface area contributed by atoms with Gasteiger partial charge in [-0.15, -0.1) is 13.2 Å². The maximum absolute atomic E-state index is 12.2. The molecule has 0 saturated heterocycles. The molecule has 0 heterocycles. The number of hydrogen-bond donors (Lipinski definition) is 0. The van der Waals surface area contributed by atoms with Crippen molar-refractivity contribution < 1.29 is 32.2 Å². The molecule has 2 aromatic carbocycles. The summed E-state index contributed by atoms with van der Waals surface area (Å²) in [4.78, 5) is 12.2. The van der Waals surface area contributed by atoms with Crippen LogP contribution >= 0.6 is 0 Å². The van der Waals surface area contributed by atoms with Gasteiger partial charge in [0.25, 0.3) is 0 Å². The number of aryl methyl sites for hydroxylation is 1. The van der Waals surface area contributed by atoms with Gasteiger partial charge < -0.3 is 9.47 Å². The minimum atomic E-state index is -4.58. The average molecular weight is 394 g/mol. The topological polar surface area (TPSA) is 44.8 Å². The summed E-state index contributed by atoms with van der Waals surface area (Å²) in [5.41, 5.74) is 1.31. The minimum Gasteiger partial charge on any atom is -0.490 e. The molecule has 0 N–H and O–H groups in total. The molecule has 0 atom stereocenters. The van der Waals surface area contributed by atoms with Crippen LogP contribution in [0.15, 0.2) is 61.2 Å². The average Bonchev–Trinajstić information content (AvgIpc) is 2.67. The summed E-state index contributed by atoms with van der Waals surface area (Å²) in [7, 11) is 0. The first-order chi connectivity index (χ1) is 13.4. The van der Waals surface area contributed by atoms with E-state index in [1.807, 2.05) is 0 Å². The van der Waals surface area contributed by atoms with E-state index in [1.165, 1.54) is 0 Å². The molecule has 0 aliphatic rings. The number of esters is 1. The van der Waals surface area contributed by atoms with Gasteiger partial charge in [-0.2, -0.15) is 0 Å². The highest BCUT2D eigenvalue weighted by Gasteiger charge is 2.28. The van der Waals surface area contributed by atoms with Gasteiger partial charge in [0.1, 0.15) is 18.1 Å². The largest absolute Gasteiger partial charge is 0.522 e. The van der Waals surface area contributed by atoms with Crippen molar-refractivity contribution in [2.75, 3.05) is 13.2 Å². The smallest absolute Gasteiger partial charge is 0.490 e. The third kappa shape index (κ3) is 7.84. The zero-order chi connectivity index (χ0) is 20.4. The molecule has 28 heavy (non-hydrogen) atoms. The lowest BCUT2D eigenvalue weighted by molar-refractivity contribution is -0.324. The van der Waals surface area contributed by atoms with Gasteiger partial charge in [-0.05, 0) is 61.2 Å². The summed E-state index contributed by atoms with van der Waals surface area (Å²) in [5, 5.41) is 0. The van der Waals surface area contributed by atoms with Gasteiger partial charge >= 0.3 is 12.3 Å². The van der Waals surface area contributed by atoms with Crippen LogP contribution in [0.4, 0.5) is 13.2 Å². The van der Waals surface area contributed by atoms with Crippen molar-refractivity contribution in [3.8, 4) is 11.5 Å². The van der Waals surface area contributed by atoms with Crippen molar-refractivity contribution >= 4 is 5.97 Å². The Kier molecular flexibility index (Phi) is 8.07. The van der Waals surface area contributed by atoms with E-state index in [-0.39, 0.29) is 6.61 Å². The summed E-state index contributed by atoms with van der Waals surface area (Å²) < 4.78 is 50.0. The zero-order valence-corrected chi connectivity index (χ0v) is 15.2. The number of ether oxygens (including phenoxy) is 3. The Morgan fingerprint density at radius 1 is 0.964 bits per heavy atom. The Labute approximate surface area is 161 Å². The number of hydrogen-bond acceptors (Lipinski definition) is 4. The Hall–Kier alpha value is -2.80. The van der Waals surface area contributed by atoms with Crippen molar-refractivity contribution in [2.24, 2.45) is 0 Å². The molecule has 0 radical (unpaired) electrons. The van der Waals surface area contributed by atoms with Gasteiger partial charge in [-0.25, -0.2) is 4.79 Å². The fraction of sp³-hybridized carbons (Fsp3) is 0.286. The Morgan fingerprint density at radius 2 is 1.61 bits per heavy atom. The molecule has 2 rings (SSSR count). The molecule has 0 aliphatic carbocycles. The Bertz CT molecular complexity index is 753. The van der Waals surface area contributed by atoms with Crippen LogP contribution in [0.2, 0.25) is 0 Å². The lowest BCUT2D eigenvalue weighted by Gasteiger charge is -2.08. The van der Waals surface area contributed by atoms with E-state index in [0.29, 0.717) is 42.9 Å². The van der Waals surface area contributed by atoms with Gasteiger partial charge in [0.15, 0.2) is 0 Å². The van der Waals surface area contributed by atoms with Gasteiger partial charge in [0, 0.05) is 0 Å². The van der Waals surface area contributed by atoms with Crippen LogP contribution in [0.1, 0.15) is 28.8 Å². The maximum Gasteiger partial charge on any atom is 0.522 e. The lowest BCUT2D eigenvalue weighted by Crippen LogP contribution is -2.14. The number of carbonyl (C=O) groups excluding carboxylic acids is 1. The second kappa shape index (κ2) is 10.5. The van der Waals surface area contributed by atoms with E-state index in [0.717, 1.165) is 5.56 Å². The summed E-state index contributed by atoms with van der Waals surface area (Å²) in [6, 6.07) is 13.4. The number of unbranched alkanes of at least 4 members (excludes halogenated alkanes) is 1. The second-order valence-corrected chi connectivity index (χ2v) is 5.91. The van der Waals surface area contributed by atoms with Gasteiger partial charge in [-0.1, -0.05) is 24.8 Å². The lowest BCUT2D eigenvalue weighted by atomic mass is 10.1. The number of carbonyl (C=O) groups is 1. The molecular formula is C21H21F3O4. The molecule has 0 saturated carbocycles. The summed E-state index contributed by atoms with van der Waals surface area (Å²) in [6.45, 7) is 3.60. The van der Waals surface area contributed by atoms with Gasteiger partial charge in [-0.3, -0.25) is 4.74 Å². The third-order valence-electron chi connectivity index (χ3n) is 3.72. The fourth-order valence-corrected chi connectivity index (χ4v) is 2.35. The molecule has 7 heteroatoms. The van der Waals surface area contributed by atoms with Crippen LogP contribution in [0, 0.1) is 0 Å². The minimum absolute atomic E-state index is 0.301. The highest BCUT2D eigenvalue weighted by molar-refractivity contribution is 5.91. The van der Waals surface area contributed by atoms with E-state index in [4.69, 9.17) is 9.47 Å². The summed E-state index contributed by atoms with van der Waals surface area (Å²) >= 11 is 0. The monoisotopic (exact) mass is 394 g/mol. The van der Waals surface area contributed by atoms with Crippen LogP contribution < -0.4 is 9.47 Å². The first-order valence-corrected chi connectivity index (χ1v) is 8.73. The van der Waals surface area contributed by atoms with E-state index >= 15 is 0 Å². The van der Waals surface area contributed by atoms with Crippen LogP contribution in [0.25, 0.3) is 0 Å². The predicted molar refractivity (Wildman–Crippen MR) is 98.5 cm³/mol. The van der Waals surface area contributed by atoms with Crippen molar-refractivity contribution in [1.29, 1.82) is 0 Å². The third-order valence-corrected chi connectivity index (χ3v) is 3.72. The van der Waals surface area contributed by atoms with Crippen molar-refractivity contribution in [3.05, 3.63) is 72.3 Å². The maximum atomic E-state index is 12.2. The van der Waals surface area contributed by atoms with E-state index in [9.17, 15) is 18.0 Å². The van der Waals surface area contributed by atoms with Crippen molar-refractivity contribution in [2.45, 2.75) is 25.6 Å². The molecule has 0 aliphatic heterocycles. The van der Waals surface area contributed by atoms with Crippen LogP contribution in [-0.2, 0) is 11.2 Å². The fourth-order valence-electron chi connectivity index (χ4n) is 2.35. The van der Waals surface area contributed by atoms with E-state index in [1.54, 1.807) is 54.6 Å². The van der Waals surface area contributed by atoms with Crippen LogP contribution in [-0.4, -0.2) is 25.5 Å². The first-order valence-electron chi connectivity index (χ1n) is 8.73. The number of alkyl halides is 3. The van der Waals surface area contributed by atoms with Gasteiger partial charge in [0.2, 0.25) is 0 Å². The molecule has 2 aromatic rings. The van der Waals surface area contributed by atoms with E-state index < -0.39 is 12.3 Å². The molecule has 0 aromatic heterocycles. The summed E-state index contributed by atoms with van der Waals surface area (Å²) in [5.74, 6) is 0.541. The predicted octanol–water partition coefficient (Wildman–Crippen LogP) is 5.33. The normalized spacial score (nSPS) is 11.1. The van der Waals surface area contributed by atoms with Crippen LogP contribution in [0.3, 0.4) is 0 Å². The highest BCUT2D eigenvalue weighted by atomic mass is 19.4. The van der Waals surface area contributed by atoms with E-state index in [2.05, 4.69) is 11.3 Å². The standard InChI is InChI=1S/C21H21F3O4/c1-2-14-26-18-10-12-19(13-11-18)28-20(25)17-8-6-16(7-9-17)5-3-4-15-27-21(22,23)24/h2,6-13H,1,3-5,14-15H2. The molecule has 0 fully saturated rings. The Morgan fingerprint density at radius 3 is 2.21 bits per heavy atom. The highest BCUT2D eigenvalue weighted by Crippen LogP contribution is 2.19. The first kappa shape index (κ1) is 21.5. The number of rotatable bonds is 10. The Balaban J connectivity index is 1.78. The molecule has 0 unspecified atom stereocenters. The SMILES string of the molecule is C=CCOc1ccc(OC(=O)c2ccc(CCCCOC(F)(F)F)cc2)cc1. The van der Waals surface area contributed by atoms with Crippen molar-refractivity contribution in [3.63, 3.8) is 0 Å². The molecule has 4 nitrogen and oxygen atoms in total. The molecule has 0 amide bonds. The zero-order valence-electron chi connectivity index (χ0n) is 15.2. The quantitative estimate of drug-likeness (QED) is 0.236.